The number of hydrogen-bond acceptors (Lipinski definition) is 7. The molecule has 1 aliphatic rings. The van der Waals surface area contributed by atoms with E-state index in [9.17, 15) is 18.0 Å². The van der Waals surface area contributed by atoms with Crippen LogP contribution in [0, 0.1) is 0 Å². The summed E-state index contributed by atoms with van der Waals surface area (Å²) in [6.45, 7) is 0.0889. The van der Waals surface area contributed by atoms with Gasteiger partial charge in [0.2, 0.25) is 18.5 Å². The lowest BCUT2D eigenvalue weighted by atomic mass is 10.1. The maximum atomic E-state index is 13.0. The third-order valence-electron chi connectivity index (χ3n) is 5.49. The van der Waals surface area contributed by atoms with Crippen molar-refractivity contribution in [2.24, 2.45) is 0 Å². The first kappa shape index (κ1) is 21.0. The van der Waals surface area contributed by atoms with E-state index in [2.05, 4.69) is 15.2 Å². The highest BCUT2D eigenvalue weighted by Crippen LogP contribution is 2.35. The van der Waals surface area contributed by atoms with E-state index in [0.717, 1.165) is 17.7 Å². The van der Waals surface area contributed by atoms with Crippen molar-refractivity contribution < 1.29 is 27.2 Å². The van der Waals surface area contributed by atoms with Crippen molar-refractivity contribution in [2.45, 2.75) is 12.7 Å². The Morgan fingerprint density at radius 2 is 1.83 bits per heavy atom. The van der Waals surface area contributed by atoms with Crippen molar-refractivity contribution in [3.05, 3.63) is 82.7 Å². The highest BCUT2D eigenvalue weighted by atomic mass is 19.4. The molecular formula is C23H14F3N5O4. The second-order valence-corrected chi connectivity index (χ2v) is 7.75. The lowest BCUT2D eigenvalue weighted by Crippen LogP contribution is -2.21. The van der Waals surface area contributed by atoms with E-state index in [1.807, 2.05) is 6.07 Å². The number of ether oxygens (including phenoxy) is 2. The van der Waals surface area contributed by atoms with Crippen molar-refractivity contribution in [3.63, 3.8) is 0 Å². The molecule has 9 nitrogen and oxygen atoms in total. The second kappa shape index (κ2) is 7.72. The Morgan fingerprint density at radius 1 is 0.971 bits per heavy atom. The van der Waals surface area contributed by atoms with Gasteiger partial charge in [0.15, 0.2) is 11.5 Å². The minimum Gasteiger partial charge on any atom is -0.454 e. The summed E-state index contributed by atoms with van der Waals surface area (Å²) in [4.78, 5) is 17.2. The van der Waals surface area contributed by atoms with Crippen LogP contribution in [-0.2, 0) is 12.7 Å². The summed E-state index contributed by atoms with van der Waals surface area (Å²) in [5, 5.41) is 8.21. The standard InChI is InChI=1S/C23H14F3N5O4/c24-23(25,26)15-3-1-2-14(8-15)21-27-20(35-29-21)11-30-6-7-31-17(22(30)32)10-16(28-31)13-4-5-18-19(9-13)34-12-33-18/h1-10H,11-12H2. The van der Waals surface area contributed by atoms with Gasteiger partial charge in [0.25, 0.3) is 5.56 Å². The Kier molecular flexibility index (Phi) is 4.62. The van der Waals surface area contributed by atoms with Crippen LogP contribution in [-0.4, -0.2) is 31.1 Å². The van der Waals surface area contributed by atoms with E-state index in [1.165, 1.54) is 27.4 Å². The van der Waals surface area contributed by atoms with E-state index in [0.29, 0.717) is 22.7 Å². The van der Waals surface area contributed by atoms with Gasteiger partial charge >= 0.3 is 6.18 Å². The molecule has 6 rings (SSSR count). The number of benzene rings is 2. The van der Waals surface area contributed by atoms with Crippen LogP contribution in [0.25, 0.3) is 28.2 Å². The summed E-state index contributed by atoms with van der Waals surface area (Å²) in [7, 11) is 0. The predicted molar refractivity (Wildman–Crippen MR) is 115 cm³/mol. The molecule has 12 heteroatoms. The molecule has 0 atom stereocenters. The number of alkyl halides is 3. The average Bonchev–Trinajstić information content (AvgIpc) is 3.59. The molecule has 0 unspecified atom stereocenters. The SMILES string of the molecule is O=c1c2cc(-c3ccc4c(c3)OCO4)nn2ccn1Cc1nc(-c2cccc(C(F)(F)F)c2)no1. The molecule has 35 heavy (non-hydrogen) atoms. The molecule has 2 aromatic carbocycles. The van der Waals surface area contributed by atoms with Gasteiger partial charge < -0.3 is 18.6 Å². The molecule has 0 radical (unpaired) electrons. The fourth-order valence-electron chi connectivity index (χ4n) is 3.76. The first-order valence-corrected chi connectivity index (χ1v) is 10.3. The van der Waals surface area contributed by atoms with Gasteiger partial charge in [-0.1, -0.05) is 17.3 Å². The first-order valence-electron chi connectivity index (χ1n) is 10.3. The maximum absolute atomic E-state index is 13.0. The van der Waals surface area contributed by atoms with Gasteiger partial charge in [-0.3, -0.25) is 4.79 Å². The summed E-state index contributed by atoms with van der Waals surface area (Å²) in [5.74, 6) is 1.31. The van der Waals surface area contributed by atoms with Crippen molar-refractivity contribution in [2.75, 3.05) is 6.79 Å². The Balaban J connectivity index is 1.29. The summed E-state index contributed by atoms with van der Waals surface area (Å²) in [6, 6.07) is 11.7. The molecule has 0 saturated carbocycles. The molecule has 5 aromatic rings. The van der Waals surface area contributed by atoms with Crippen LogP contribution in [0.1, 0.15) is 11.5 Å². The van der Waals surface area contributed by atoms with E-state index >= 15 is 0 Å². The van der Waals surface area contributed by atoms with E-state index in [4.69, 9.17) is 14.0 Å². The van der Waals surface area contributed by atoms with Gasteiger partial charge in [0, 0.05) is 23.5 Å². The van der Waals surface area contributed by atoms with Crippen molar-refractivity contribution in [3.8, 4) is 34.1 Å². The van der Waals surface area contributed by atoms with Gasteiger partial charge in [-0.15, -0.1) is 0 Å². The molecule has 0 bridgehead atoms. The fourth-order valence-corrected chi connectivity index (χ4v) is 3.76. The molecule has 0 aliphatic carbocycles. The molecule has 0 saturated heterocycles. The van der Waals surface area contributed by atoms with Crippen LogP contribution in [0.2, 0.25) is 0 Å². The van der Waals surface area contributed by atoms with Gasteiger partial charge in [-0.05, 0) is 36.4 Å². The molecule has 0 amide bonds. The predicted octanol–water partition coefficient (Wildman–Crippen LogP) is 4.01. The topological polar surface area (TPSA) is 96.7 Å². The zero-order chi connectivity index (χ0) is 24.2. The molecule has 0 N–H and O–H groups in total. The Morgan fingerprint density at radius 3 is 2.69 bits per heavy atom. The largest absolute Gasteiger partial charge is 0.454 e. The number of aromatic nitrogens is 5. The van der Waals surface area contributed by atoms with Crippen LogP contribution >= 0.6 is 0 Å². The van der Waals surface area contributed by atoms with Crippen molar-refractivity contribution in [1.29, 1.82) is 0 Å². The number of fused-ring (bicyclic) bond motifs is 2. The van der Waals surface area contributed by atoms with Crippen molar-refractivity contribution >= 4 is 5.52 Å². The molecule has 1 aliphatic heterocycles. The van der Waals surface area contributed by atoms with Crippen LogP contribution in [0.3, 0.4) is 0 Å². The molecule has 3 aromatic heterocycles. The zero-order valence-corrected chi connectivity index (χ0v) is 17.7. The third-order valence-corrected chi connectivity index (χ3v) is 5.49. The van der Waals surface area contributed by atoms with Gasteiger partial charge in [0.1, 0.15) is 12.1 Å². The fraction of sp³-hybridized carbons (Fsp3) is 0.130. The number of nitrogens with zero attached hydrogens (tertiary/aromatic N) is 5. The van der Waals surface area contributed by atoms with Gasteiger partial charge in [0.05, 0.1) is 11.3 Å². The summed E-state index contributed by atoms with van der Waals surface area (Å²) >= 11 is 0. The molecule has 0 spiro atoms. The van der Waals surface area contributed by atoms with Crippen LogP contribution < -0.4 is 15.0 Å². The van der Waals surface area contributed by atoms with Crippen molar-refractivity contribution in [1.82, 2.24) is 24.3 Å². The van der Waals surface area contributed by atoms with Crippen LogP contribution in [0.4, 0.5) is 13.2 Å². The van der Waals surface area contributed by atoms with Gasteiger partial charge in [-0.25, -0.2) is 4.52 Å². The Bertz CT molecular complexity index is 1640. The normalized spacial score (nSPS) is 13.0. The Labute approximate surface area is 193 Å². The molecular weight excluding hydrogens is 467 g/mol. The first-order chi connectivity index (χ1) is 16.8. The van der Waals surface area contributed by atoms with E-state index in [-0.39, 0.29) is 36.2 Å². The highest BCUT2D eigenvalue weighted by Gasteiger charge is 2.30. The molecule has 4 heterocycles. The van der Waals surface area contributed by atoms with Crippen LogP contribution in [0.5, 0.6) is 11.5 Å². The minimum atomic E-state index is -4.49. The maximum Gasteiger partial charge on any atom is 0.416 e. The molecule has 0 fully saturated rings. The summed E-state index contributed by atoms with van der Waals surface area (Å²) in [5.41, 5.74) is 0.627. The number of halogens is 3. The quantitative estimate of drug-likeness (QED) is 0.383. The van der Waals surface area contributed by atoms with Gasteiger partial charge in [-0.2, -0.15) is 23.3 Å². The van der Waals surface area contributed by atoms with Crippen LogP contribution in [0.15, 0.2) is 70.2 Å². The van der Waals surface area contributed by atoms with E-state index in [1.54, 1.807) is 24.4 Å². The van der Waals surface area contributed by atoms with E-state index < -0.39 is 11.7 Å². The number of hydrogen-bond donors (Lipinski definition) is 0. The minimum absolute atomic E-state index is 0.00493. The smallest absolute Gasteiger partial charge is 0.416 e. The summed E-state index contributed by atoms with van der Waals surface area (Å²) < 4.78 is 57.7. The zero-order valence-electron chi connectivity index (χ0n) is 17.7. The Hall–Kier alpha value is -4.61. The average molecular weight is 481 g/mol. The summed E-state index contributed by atoms with van der Waals surface area (Å²) in [6.07, 6.45) is -1.37. The lowest BCUT2D eigenvalue weighted by Gasteiger charge is -2.06. The number of rotatable bonds is 4. The monoisotopic (exact) mass is 481 g/mol. The third kappa shape index (κ3) is 3.78. The highest BCUT2D eigenvalue weighted by molar-refractivity contribution is 5.68. The second-order valence-electron chi connectivity index (χ2n) is 7.75. The molecule has 176 valence electrons. The lowest BCUT2D eigenvalue weighted by molar-refractivity contribution is -0.137.